The van der Waals surface area contributed by atoms with Gasteiger partial charge in [-0.15, -0.1) is 0 Å². The van der Waals surface area contributed by atoms with E-state index in [1.54, 1.807) is 86.2 Å². The molecule has 8 rings (SSSR count). The van der Waals surface area contributed by atoms with E-state index in [4.69, 9.17) is 0 Å². The smallest absolute Gasteiger partial charge is 0.243 e. The van der Waals surface area contributed by atoms with E-state index in [0.717, 1.165) is 38.3 Å². The Labute approximate surface area is 764 Å². The van der Waals surface area contributed by atoms with Crippen molar-refractivity contribution in [1.82, 2.24) is 99.7 Å². The molecule has 4 aromatic carbocycles. The number of para-hydroxylation sites is 4. The highest BCUT2D eigenvalue weighted by Crippen LogP contribution is 2.26. The van der Waals surface area contributed by atoms with E-state index in [1.807, 2.05) is 146 Å². The molecular weight excluding hydrogens is 1680 g/mol. The third kappa shape index (κ3) is 30.1. The zero-order valence-corrected chi connectivity index (χ0v) is 78.1. The van der Waals surface area contributed by atoms with Crippen molar-refractivity contribution in [3.8, 4) is 0 Å². The molecule has 0 saturated heterocycles. The number of aliphatic hydroxyl groups excluding tert-OH is 1. The number of hydrogen-bond acceptors (Lipinski definition) is 16. The van der Waals surface area contributed by atoms with Crippen LogP contribution >= 0.6 is 0 Å². The Morgan fingerprint density at radius 2 is 0.550 bits per heavy atom. The van der Waals surface area contributed by atoms with Crippen LogP contribution in [0.2, 0.25) is 0 Å². The Balaban J connectivity index is 1.02. The first-order valence-corrected chi connectivity index (χ1v) is 45.3. The molecule has 20 N–H and O–H groups in total. The predicted octanol–water partition coefficient (Wildman–Crippen LogP) is 4.87. The molecule has 0 spiro atoms. The van der Waals surface area contributed by atoms with Crippen molar-refractivity contribution in [2.24, 2.45) is 47.3 Å². The summed E-state index contributed by atoms with van der Waals surface area (Å²) in [5, 5.41) is 54.1. The van der Waals surface area contributed by atoms with Gasteiger partial charge >= 0.3 is 0 Å². The highest BCUT2D eigenvalue weighted by atomic mass is 16.3. The van der Waals surface area contributed by atoms with Crippen molar-refractivity contribution in [3.05, 3.63) is 144 Å². The highest BCUT2D eigenvalue weighted by molar-refractivity contribution is 6.02. The summed E-state index contributed by atoms with van der Waals surface area (Å²) < 4.78 is 0. The summed E-state index contributed by atoms with van der Waals surface area (Å²) in [6.07, 6.45) is 7.11. The average molecular weight is 1810 g/mol. The monoisotopic (exact) mass is 1810 g/mol. The number of amides is 15. The van der Waals surface area contributed by atoms with E-state index in [9.17, 15) is 48.3 Å². The van der Waals surface area contributed by atoms with Crippen LogP contribution in [0.3, 0.4) is 0 Å². The molecule has 13 unspecified atom stereocenters. The number of hydrogen-bond donors (Lipinski definition) is 20. The first kappa shape index (κ1) is 103. The molecule has 8 aromatic rings. The Kier molecular flexibility index (Phi) is 38.8. The van der Waals surface area contributed by atoms with Gasteiger partial charge in [0.15, 0.2) is 0 Å². The molecule has 4 heterocycles. The minimum absolute atomic E-state index is 0.00568. The number of aromatic nitrogens is 4. The Hall–Kier alpha value is -13.0. The maximum absolute atomic E-state index is 15.6. The number of H-pyrrole nitrogens is 4. The van der Waals surface area contributed by atoms with Crippen LogP contribution in [-0.4, -0.2) is 212 Å². The van der Waals surface area contributed by atoms with E-state index >= 15 is 28.8 Å². The van der Waals surface area contributed by atoms with Crippen molar-refractivity contribution in [2.75, 3.05) is 19.7 Å². The molecule has 0 fully saturated rings. The fourth-order valence-corrected chi connectivity index (χ4v) is 15.8. The van der Waals surface area contributed by atoms with Crippen molar-refractivity contribution in [3.63, 3.8) is 0 Å². The topological polar surface area (TPSA) is 520 Å². The van der Waals surface area contributed by atoms with Gasteiger partial charge in [0.1, 0.15) is 78.5 Å². The molecule has 0 bridgehead atoms. The maximum Gasteiger partial charge on any atom is 0.243 e. The molecule has 35 nitrogen and oxygen atoms in total. The summed E-state index contributed by atoms with van der Waals surface area (Å²) in [7, 11) is 0. The maximum atomic E-state index is 15.6. The normalized spacial score (nSPS) is 14.7. The number of aromatic amines is 4. The van der Waals surface area contributed by atoms with Crippen LogP contribution in [0, 0.1) is 47.3 Å². The Morgan fingerprint density at radius 3 is 0.847 bits per heavy atom. The largest absolute Gasteiger partial charge is 0.395 e. The zero-order chi connectivity index (χ0) is 96.2. The third-order valence-electron chi connectivity index (χ3n) is 22.8. The van der Waals surface area contributed by atoms with Crippen LogP contribution in [0.25, 0.3) is 43.6 Å². The van der Waals surface area contributed by atoms with Gasteiger partial charge in [-0.1, -0.05) is 184 Å². The quantitative estimate of drug-likeness (QED) is 0.0226. The number of rotatable bonds is 51. The van der Waals surface area contributed by atoms with Gasteiger partial charge in [-0.2, -0.15) is 0 Å². The van der Waals surface area contributed by atoms with Crippen LogP contribution in [0.5, 0.6) is 0 Å². The molecule has 0 saturated carbocycles. The first-order valence-electron chi connectivity index (χ1n) is 45.3. The first-order chi connectivity index (χ1) is 62.1. The van der Waals surface area contributed by atoms with Crippen LogP contribution in [0.4, 0.5) is 0 Å². The fourth-order valence-electron chi connectivity index (χ4n) is 15.8. The second kappa shape index (κ2) is 49.2. The standard InChI is InChI=1S/C96H135N19O16/c1-50(2)36-71(105-79(118)48-102-93(128)80(54(9)10)103-49-117)86(121)104-58(17)84(119)113-82(56(13)14)95(130)115-83(57(15)16)96(131)114-81(55(11)12)94(129)112-78(43-62-47-101-70-33-25-21-29-66(62)70)92(127)108-74(39-53(7)8)89(124)111-77(42-61-46-100-69-32-24-20-28-65(61)69)91(126)107-73(38-52(5)6)88(123)110-76(41-60-45-99-68-31-23-19-27-64(60)68)90(125)106-72(37-51(3)4)87(122)109-75(85(120)97-34-35-116)40-59-44-98-67-30-22-18-26-63(59)67/h18-33,44-47,49-58,71-78,80-83,98-101,116H,34-43,48H2,1-17H3,(H,97,120)(H,102,128)(H,103,117)(H,104,121)(H,105,118)(H,106,125)(H,107,126)(H,108,127)(H,109,122)(H,110,123)(H,111,124)(H,112,129)(H,113,119)(H,114,131)(H,115,130). The SMILES string of the molecule is CC(C)CC(NC(=O)CNC(=O)C(NC=O)C(C)C)C(=O)NC(C)C(=O)NC(C(=O)NC(C(=O)NC(C(=O)NC(Cc1c[nH]c2ccccc12)C(=O)NC(CC(C)C)C(=O)NC(Cc1c[nH]c2ccccc12)C(=O)NC(CC(C)C)C(=O)NC(Cc1c[nH]c2ccccc12)C(=O)NC(CC(C)C)C(=O)NC(Cc1c[nH]c2ccccc12)C(=O)NCCO)C(C)C)C(C)C)C(C)C. The van der Waals surface area contributed by atoms with Crippen LogP contribution in [0.15, 0.2) is 122 Å². The van der Waals surface area contributed by atoms with E-state index in [1.165, 1.54) is 6.92 Å². The van der Waals surface area contributed by atoms with Gasteiger partial charge in [0.2, 0.25) is 89.1 Å². The Bertz CT molecular complexity index is 5270. The molecule has 13 atom stereocenters. The van der Waals surface area contributed by atoms with Gasteiger partial charge in [0.25, 0.3) is 0 Å². The Morgan fingerprint density at radius 1 is 0.290 bits per heavy atom. The molecule has 4 aromatic heterocycles. The zero-order valence-electron chi connectivity index (χ0n) is 78.1. The number of nitrogens with one attached hydrogen (secondary N) is 19. The number of carbonyl (C=O) groups is 15. The molecule has 0 aliphatic carbocycles. The highest BCUT2D eigenvalue weighted by Gasteiger charge is 2.40. The minimum Gasteiger partial charge on any atom is -0.395 e. The van der Waals surface area contributed by atoms with Gasteiger partial charge in [-0.3, -0.25) is 71.9 Å². The van der Waals surface area contributed by atoms with Crippen molar-refractivity contribution in [2.45, 2.75) is 248 Å². The summed E-state index contributed by atoms with van der Waals surface area (Å²) in [6, 6.07) is 12.6. The van der Waals surface area contributed by atoms with Gasteiger partial charge in [0.05, 0.1) is 13.2 Å². The van der Waals surface area contributed by atoms with E-state index in [2.05, 4.69) is 99.7 Å². The van der Waals surface area contributed by atoms with Crippen LogP contribution < -0.4 is 79.8 Å². The summed E-state index contributed by atoms with van der Waals surface area (Å²) in [6.45, 7) is 28.5. The third-order valence-corrected chi connectivity index (χ3v) is 22.8. The van der Waals surface area contributed by atoms with Gasteiger partial charge < -0.3 is 105 Å². The van der Waals surface area contributed by atoms with Crippen molar-refractivity contribution < 1.29 is 77.0 Å². The second-order valence-electron chi connectivity index (χ2n) is 37.0. The van der Waals surface area contributed by atoms with E-state index < -0.39 is 186 Å². The van der Waals surface area contributed by atoms with E-state index in [-0.39, 0.29) is 94.1 Å². The summed E-state index contributed by atoms with van der Waals surface area (Å²) in [4.78, 5) is 228. The number of fused-ring (bicyclic) bond motifs is 4. The number of benzene rings is 4. The van der Waals surface area contributed by atoms with Crippen LogP contribution in [0.1, 0.15) is 166 Å². The van der Waals surface area contributed by atoms with Gasteiger partial charge in [-0.05, 0) is 126 Å². The lowest BCUT2D eigenvalue weighted by atomic mass is 9.97. The van der Waals surface area contributed by atoms with Crippen molar-refractivity contribution >= 4 is 133 Å². The van der Waals surface area contributed by atoms with Crippen LogP contribution in [-0.2, 0) is 97.6 Å². The lowest BCUT2D eigenvalue weighted by Crippen LogP contribution is -2.62. The lowest BCUT2D eigenvalue weighted by Gasteiger charge is -2.31. The predicted molar refractivity (Wildman–Crippen MR) is 500 cm³/mol. The molecule has 15 amide bonds. The fraction of sp³-hybridized carbons (Fsp3) is 0.510. The molecule has 131 heavy (non-hydrogen) atoms. The summed E-state index contributed by atoms with van der Waals surface area (Å²) in [5.74, 6) is -13.6. The molecular formula is C96H135N19O16. The molecule has 35 heteroatoms. The molecule has 0 aliphatic rings. The molecule has 710 valence electrons. The van der Waals surface area contributed by atoms with Gasteiger partial charge in [-0.25, -0.2) is 0 Å². The molecule has 0 radical (unpaired) electrons. The van der Waals surface area contributed by atoms with E-state index in [0.29, 0.717) is 34.0 Å². The summed E-state index contributed by atoms with van der Waals surface area (Å²) >= 11 is 0. The number of carbonyl (C=O) groups excluding carboxylic acids is 15. The summed E-state index contributed by atoms with van der Waals surface area (Å²) in [5.41, 5.74) is 5.54. The minimum atomic E-state index is -1.47. The lowest BCUT2D eigenvalue weighted by molar-refractivity contribution is -0.137. The second-order valence-corrected chi connectivity index (χ2v) is 37.0. The van der Waals surface area contributed by atoms with Crippen molar-refractivity contribution in [1.29, 1.82) is 0 Å². The van der Waals surface area contributed by atoms with Gasteiger partial charge in [0, 0.05) is 101 Å². The average Bonchev–Trinajstić information content (AvgIpc) is 1.70. The molecule has 0 aliphatic heterocycles. The number of aliphatic hydroxyl groups is 1.